The zero-order valence-electron chi connectivity index (χ0n) is 7.93. The molecule has 0 bridgehead atoms. The fraction of sp³-hybridized carbons (Fsp3) is 0.300. The summed E-state index contributed by atoms with van der Waals surface area (Å²) >= 11 is 0. The van der Waals surface area contributed by atoms with E-state index in [2.05, 4.69) is 10.3 Å². The lowest BCUT2D eigenvalue weighted by Gasteiger charge is -2.11. The molecule has 1 aliphatic carbocycles. The molecule has 3 rings (SSSR count). The second-order valence-corrected chi connectivity index (χ2v) is 3.86. The third-order valence-electron chi connectivity index (χ3n) is 2.82. The number of hydrogen-bond acceptors (Lipinski definition) is 3. The van der Waals surface area contributed by atoms with Gasteiger partial charge in [0.25, 0.3) is 5.91 Å². The molecule has 0 unspecified atom stereocenters. The summed E-state index contributed by atoms with van der Waals surface area (Å²) < 4.78 is 0. The third-order valence-corrected chi connectivity index (χ3v) is 2.82. The van der Waals surface area contributed by atoms with Crippen LogP contribution in [0.15, 0.2) is 24.5 Å². The highest BCUT2D eigenvalue weighted by atomic mass is 16.2. The monoisotopic (exact) mass is 203 g/mol. The molecule has 5 heteroatoms. The fourth-order valence-corrected chi connectivity index (χ4v) is 1.80. The van der Waals surface area contributed by atoms with Crippen LogP contribution < -0.4 is 10.2 Å². The standard InChI is InChI=1S/C10H9N3O2/c14-8-10(3-4-10)12-9(15)13(8)7-2-1-5-11-6-7/h1-2,5-6H,3-4H2,(H,12,15). The van der Waals surface area contributed by atoms with Crippen LogP contribution in [-0.4, -0.2) is 22.5 Å². The number of nitrogens with zero attached hydrogens (tertiary/aromatic N) is 2. The summed E-state index contributed by atoms with van der Waals surface area (Å²) in [6, 6.07) is 3.06. The Morgan fingerprint density at radius 3 is 2.73 bits per heavy atom. The SMILES string of the molecule is O=C1NC2(CC2)C(=O)N1c1cccnc1. The van der Waals surface area contributed by atoms with E-state index in [1.807, 2.05) is 0 Å². The molecule has 5 nitrogen and oxygen atoms in total. The van der Waals surface area contributed by atoms with Crippen molar-refractivity contribution in [2.24, 2.45) is 0 Å². The van der Waals surface area contributed by atoms with Gasteiger partial charge in [-0.15, -0.1) is 0 Å². The van der Waals surface area contributed by atoms with Crippen LogP contribution >= 0.6 is 0 Å². The predicted molar refractivity (Wildman–Crippen MR) is 52.2 cm³/mol. The number of anilines is 1. The molecule has 0 atom stereocenters. The molecular formula is C10H9N3O2. The lowest BCUT2D eigenvalue weighted by molar-refractivity contribution is -0.119. The van der Waals surface area contributed by atoms with Crippen LogP contribution in [0.1, 0.15) is 12.8 Å². The van der Waals surface area contributed by atoms with Crippen molar-refractivity contribution in [1.29, 1.82) is 0 Å². The lowest BCUT2D eigenvalue weighted by atomic mass is 10.2. The number of nitrogens with one attached hydrogen (secondary N) is 1. The molecule has 0 aromatic carbocycles. The number of carbonyl (C=O) groups excluding carboxylic acids is 2. The lowest BCUT2D eigenvalue weighted by Crippen LogP contribution is -2.32. The van der Waals surface area contributed by atoms with Gasteiger partial charge < -0.3 is 5.32 Å². The van der Waals surface area contributed by atoms with Crippen LogP contribution in [0.2, 0.25) is 0 Å². The minimum Gasteiger partial charge on any atom is -0.323 e. The Morgan fingerprint density at radius 2 is 2.20 bits per heavy atom. The molecule has 2 fully saturated rings. The van der Waals surface area contributed by atoms with Crippen LogP contribution in [0.5, 0.6) is 0 Å². The highest BCUT2D eigenvalue weighted by molar-refractivity contribution is 6.24. The van der Waals surface area contributed by atoms with E-state index < -0.39 is 5.54 Å². The van der Waals surface area contributed by atoms with E-state index in [1.54, 1.807) is 18.3 Å². The first-order valence-electron chi connectivity index (χ1n) is 4.80. The van der Waals surface area contributed by atoms with Crippen LogP contribution in [0.3, 0.4) is 0 Å². The van der Waals surface area contributed by atoms with Crippen molar-refractivity contribution in [3.63, 3.8) is 0 Å². The highest BCUT2D eigenvalue weighted by Crippen LogP contribution is 2.41. The van der Waals surface area contributed by atoms with E-state index in [0.29, 0.717) is 5.69 Å². The summed E-state index contributed by atoms with van der Waals surface area (Å²) in [4.78, 5) is 28.6. The Balaban J connectivity index is 2.00. The molecule has 0 radical (unpaired) electrons. The first-order valence-corrected chi connectivity index (χ1v) is 4.80. The van der Waals surface area contributed by atoms with E-state index in [-0.39, 0.29) is 11.9 Å². The minimum atomic E-state index is -0.590. The summed E-state index contributed by atoms with van der Waals surface area (Å²) in [5.74, 6) is -0.152. The number of aromatic nitrogens is 1. The molecule has 76 valence electrons. The average Bonchev–Trinajstić information content (AvgIpc) is 2.95. The number of amides is 3. The van der Waals surface area contributed by atoms with Crippen LogP contribution in [0.25, 0.3) is 0 Å². The van der Waals surface area contributed by atoms with E-state index in [1.165, 1.54) is 11.1 Å². The predicted octanol–water partition coefficient (Wildman–Crippen LogP) is 0.670. The minimum absolute atomic E-state index is 0.152. The van der Waals surface area contributed by atoms with Crippen LogP contribution in [0, 0.1) is 0 Å². The van der Waals surface area contributed by atoms with Gasteiger partial charge in [0, 0.05) is 6.20 Å². The Morgan fingerprint density at radius 1 is 1.40 bits per heavy atom. The van der Waals surface area contributed by atoms with Crippen molar-refractivity contribution in [1.82, 2.24) is 10.3 Å². The smallest absolute Gasteiger partial charge is 0.323 e. The molecular weight excluding hydrogens is 194 g/mol. The second-order valence-electron chi connectivity index (χ2n) is 3.86. The normalized spacial score (nSPS) is 22.0. The van der Waals surface area contributed by atoms with Gasteiger partial charge in [-0.2, -0.15) is 0 Å². The summed E-state index contributed by atoms with van der Waals surface area (Å²) in [5.41, 5.74) is -0.0591. The van der Waals surface area contributed by atoms with Gasteiger partial charge >= 0.3 is 6.03 Å². The number of carbonyl (C=O) groups is 2. The Kier molecular flexibility index (Phi) is 1.44. The maximum atomic E-state index is 11.9. The molecule has 1 N–H and O–H groups in total. The van der Waals surface area contributed by atoms with E-state index >= 15 is 0 Å². The fourth-order valence-electron chi connectivity index (χ4n) is 1.80. The van der Waals surface area contributed by atoms with Crippen LogP contribution in [0.4, 0.5) is 10.5 Å². The van der Waals surface area contributed by atoms with Gasteiger partial charge in [0.05, 0.1) is 11.9 Å². The molecule has 3 amide bonds. The molecule has 1 saturated heterocycles. The maximum Gasteiger partial charge on any atom is 0.329 e. The van der Waals surface area contributed by atoms with Gasteiger partial charge in [-0.25, -0.2) is 9.69 Å². The van der Waals surface area contributed by atoms with E-state index in [0.717, 1.165) is 12.8 Å². The van der Waals surface area contributed by atoms with Crippen molar-refractivity contribution in [2.45, 2.75) is 18.4 Å². The summed E-state index contributed by atoms with van der Waals surface area (Å²) in [6.07, 6.45) is 4.61. The molecule has 1 aliphatic heterocycles. The van der Waals surface area contributed by atoms with E-state index in [9.17, 15) is 9.59 Å². The zero-order chi connectivity index (χ0) is 10.5. The van der Waals surface area contributed by atoms with E-state index in [4.69, 9.17) is 0 Å². The first-order chi connectivity index (χ1) is 7.23. The van der Waals surface area contributed by atoms with Crippen molar-refractivity contribution in [3.8, 4) is 0 Å². The molecule has 1 aromatic rings. The van der Waals surface area contributed by atoms with Gasteiger partial charge in [-0.1, -0.05) is 0 Å². The molecule has 1 saturated carbocycles. The topological polar surface area (TPSA) is 62.3 Å². The quantitative estimate of drug-likeness (QED) is 0.682. The number of hydrogen-bond donors (Lipinski definition) is 1. The van der Waals surface area contributed by atoms with Crippen molar-refractivity contribution >= 4 is 17.6 Å². The Bertz CT molecular complexity index is 439. The van der Waals surface area contributed by atoms with Gasteiger partial charge in [-0.3, -0.25) is 9.78 Å². The molecule has 1 aromatic heterocycles. The van der Waals surface area contributed by atoms with Crippen molar-refractivity contribution in [3.05, 3.63) is 24.5 Å². The zero-order valence-corrected chi connectivity index (χ0v) is 7.93. The number of pyridine rings is 1. The van der Waals surface area contributed by atoms with Crippen LogP contribution in [-0.2, 0) is 4.79 Å². The average molecular weight is 203 g/mol. The third kappa shape index (κ3) is 1.06. The molecule has 1 spiro atoms. The Labute approximate surface area is 86.1 Å². The number of rotatable bonds is 1. The van der Waals surface area contributed by atoms with Crippen molar-refractivity contribution in [2.75, 3.05) is 4.90 Å². The second kappa shape index (κ2) is 2.56. The number of imide groups is 1. The Hall–Kier alpha value is -1.91. The van der Waals surface area contributed by atoms with Gasteiger partial charge in [0.2, 0.25) is 0 Å². The highest BCUT2D eigenvalue weighted by Gasteiger charge is 2.59. The molecule has 2 heterocycles. The largest absolute Gasteiger partial charge is 0.329 e. The first kappa shape index (κ1) is 8.40. The summed E-state index contributed by atoms with van der Waals surface area (Å²) in [6.45, 7) is 0. The van der Waals surface area contributed by atoms with Gasteiger partial charge in [-0.05, 0) is 25.0 Å². The summed E-state index contributed by atoms with van der Waals surface area (Å²) in [5, 5.41) is 2.71. The van der Waals surface area contributed by atoms with Gasteiger partial charge in [0.1, 0.15) is 5.54 Å². The molecule has 2 aliphatic rings. The van der Waals surface area contributed by atoms with Gasteiger partial charge in [0.15, 0.2) is 0 Å². The molecule has 15 heavy (non-hydrogen) atoms. The maximum absolute atomic E-state index is 11.9. The number of urea groups is 1. The van der Waals surface area contributed by atoms with Crippen molar-refractivity contribution < 1.29 is 9.59 Å². The summed E-state index contributed by atoms with van der Waals surface area (Å²) in [7, 11) is 0.